The van der Waals surface area contributed by atoms with Crippen LogP contribution in [0, 0.1) is 13.8 Å². The van der Waals surface area contributed by atoms with E-state index in [0.29, 0.717) is 30.5 Å². The predicted molar refractivity (Wildman–Crippen MR) is 118 cm³/mol. The Morgan fingerprint density at radius 2 is 2.04 bits per heavy atom. The second-order valence-electron chi connectivity index (χ2n) is 7.32. The third kappa shape index (κ3) is 5.10. The standard InChI is InChI=1S/C23H28N2O2S/c1-5-16(3)18-10-11-19-21(14-18)28-23(24-19)25-22(26)7-6-12-27-20-13-15(2)8-9-17(20)4/h8-11,13-14,16H,5-7,12H2,1-4H3,(H,24,25,26). The van der Waals surface area contributed by atoms with Crippen LogP contribution >= 0.6 is 11.3 Å². The summed E-state index contributed by atoms with van der Waals surface area (Å²) in [6, 6.07) is 12.5. The van der Waals surface area contributed by atoms with Crippen LogP contribution in [0.1, 0.15) is 55.7 Å². The average molecular weight is 397 g/mol. The first-order valence-corrected chi connectivity index (χ1v) is 10.7. The summed E-state index contributed by atoms with van der Waals surface area (Å²) < 4.78 is 6.94. The van der Waals surface area contributed by atoms with Crippen molar-refractivity contribution in [2.24, 2.45) is 0 Å². The number of ether oxygens (including phenoxy) is 1. The Morgan fingerprint density at radius 3 is 2.82 bits per heavy atom. The Morgan fingerprint density at radius 1 is 1.21 bits per heavy atom. The Bertz CT molecular complexity index is 964. The molecule has 4 nitrogen and oxygen atoms in total. The van der Waals surface area contributed by atoms with Crippen LogP contribution in [-0.4, -0.2) is 17.5 Å². The molecule has 0 aliphatic carbocycles. The van der Waals surface area contributed by atoms with Gasteiger partial charge in [0.25, 0.3) is 0 Å². The molecule has 148 valence electrons. The van der Waals surface area contributed by atoms with Crippen molar-refractivity contribution in [3.05, 3.63) is 53.1 Å². The quantitative estimate of drug-likeness (QED) is 0.460. The highest BCUT2D eigenvalue weighted by molar-refractivity contribution is 7.22. The molecule has 0 aliphatic heterocycles. The zero-order valence-corrected chi connectivity index (χ0v) is 17.9. The third-order valence-corrected chi connectivity index (χ3v) is 5.92. The summed E-state index contributed by atoms with van der Waals surface area (Å²) in [5.41, 5.74) is 4.54. The number of carbonyl (C=O) groups is 1. The topological polar surface area (TPSA) is 51.2 Å². The molecule has 3 rings (SSSR count). The number of carbonyl (C=O) groups excluding carboxylic acids is 1. The van der Waals surface area contributed by atoms with Crippen molar-refractivity contribution < 1.29 is 9.53 Å². The number of aryl methyl sites for hydroxylation is 2. The Balaban J connectivity index is 1.51. The van der Waals surface area contributed by atoms with Crippen LogP contribution < -0.4 is 10.1 Å². The smallest absolute Gasteiger partial charge is 0.226 e. The Kier molecular flexibility index (Phi) is 6.68. The van der Waals surface area contributed by atoms with Crippen LogP contribution in [-0.2, 0) is 4.79 Å². The zero-order valence-electron chi connectivity index (χ0n) is 17.0. The largest absolute Gasteiger partial charge is 0.493 e. The van der Waals surface area contributed by atoms with Gasteiger partial charge in [0.15, 0.2) is 5.13 Å². The lowest BCUT2D eigenvalue weighted by Crippen LogP contribution is -2.12. The maximum absolute atomic E-state index is 12.2. The molecule has 1 amide bonds. The molecular weight excluding hydrogens is 368 g/mol. The van der Waals surface area contributed by atoms with Crippen molar-refractivity contribution in [3.63, 3.8) is 0 Å². The van der Waals surface area contributed by atoms with E-state index >= 15 is 0 Å². The summed E-state index contributed by atoms with van der Waals surface area (Å²) in [6.45, 7) is 9.02. The number of hydrogen-bond donors (Lipinski definition) is 1. The van der Waals surface area contributed by atoms with Crippen molar-refractivity contribution in [2.45, 2.75) is 52.9 Å². The molecule has 1 aromatic heterocycles. The van der Waals surface area contributed by atoms with E-state index in [4.69, 9.17) is 4.74 Å². The first-order valence-electron chi connectivity index (χ1n) is 9.86. The van der Waals surface area contributed by atoms with Crippen LogP contribution in [0.15, 0.2) is 36.4 Å². The van der Waals surface area contributed by atoms with E-state index in [2.05, 4.69) is 48.4 Å². The summed E-state index contributed by atoms with van der Waals surface area (Å²) in [4.78, 5) is 16.8. The highest BCUT2D eigenvalue weighted by Gasteiger charge is 2.10. The van der Waals surface area contributed by atoms with Gasteiger partial charge in [0, 0.05) is 6.42 Å². The zero-order chi connectivity index (χ0) is 20.1. The SMILES string of the molecule is CCC(C)c1ccc2nc(NC(=O)CCCOc3cc(C)ccc3C)sc2c1. The molecule has 0 fully saturated rings. The fourth-order valence-electron chi connectivity index (χ4n) is 3.00. The Labute approximate surface area is 171 Å². The molecular formula is C23H28N2O2S. The van der Waals surface area contributed by atoms with Crippen LogP contribution in [0.5, 0.6) is 5.75 Å². The number of fused-ring (bicyclic) bond motifs is 1. The number of benzene rings is 2. The minimum atomic E-state index is -0.0224. The van der Waals surface area contributed by atoms with Gasteiger partial charge in [0.05, 0.1) is 16.8 Å². The summed E-state index contributed by atoms with van der Waals surface area (Å²) in [5, 5.41) is 3.59. The monoisotopic (exact) mass is 396 g/mol. The predicted octanol–water partition coefficient (Wildman–Crippen LogP) is 6.22. The number of thiazole rings is 1. The molecule has 0 radical (unpaired) electrons. The summed E-state index contributed by atoms with van der Waals surface area (Å²) in [5.74, 6) is 1.40. The van der Waals surface area contributed by atoms with E-state index < -0.39 is 0 Å². The van der Waals surface area contributed by atoms with Gasteiger partial charge in [0.1, 0.15) is 5.75 Å². The molecule has 1 atom stereocenters. The normalized spacial score (nSPS) is 12.1. The van der Waals surface area contributed by atoms with Crippen LogP contribution in [0.2, 0.25) is 0 Å². The summed E-state index contributed by atoms with van der Waals surface area (Å²) in [7, 11) is 0. The highest BCUT2D eigenvalue weighted by atomic mass is 32.1. The van der Waals surface area contributed by atoms with Crippen molar-refractivity contribution in [2.75, 3.05) is 11.9 Å². The molecule has 1 unspecified atom stereocenters. The van der Waals surface area contributed by atoms with Gasteiger partial charge in [-0.1, -0.05) is 43.4 Å². The molecule has 1 N–H and O–H groups in total. The van der Waals surface area contributed by atoms with Gasteiger partial charge >= 0.3 is 0 Å². The summed E-state index contributed by atoms with van der Waals surface area (Å²) >= 11 is 1.53. The fraction of sp³-hybridized carbons (Fsp3) is 0.391. The van der Waals surface area contributed by atoms with Crippen LogP contribution in [0.3, 0.4) is 0 Å². The molecule has 0 saturated carbocycles. The molecule has 28 heavy (non-hydrogen) atoms. The number of rotatable bonds is 8. The lowest BCUT2D eigenvalue weighted by atomic mass is 9.99. The fourth-order valence-corrected chi connectivity index (χ4v) is 3.93. The molecule has 0 saturated heterocycles. The number of anilines is 1. The van der Waals surface area contributed by atoms with Gasteiger partial charge in [-0.05, 0) is 67.5 Å². The lowest BCUT2D eigenvalue weighted by molar-refractivity contribution is -0.116. The minimum Gasteiger partial charge on any atom is -0.493 e. The molecule has 0 spiro atoms. The first kappa shape index (κ1) is 20.3. The lowest BCUT2D eigenvalue weighted by Gasteiger charge is -2.09. The number of amides is 1. The van der Waals surface area contributed by atoms with Crippen molar-refractivity contribution in [1.82, 2.24) is 4.98 Å². The third-order valence-electron chi connectivity index (χ3n) is 4.99. The second kappa shape index (κ2) is 9.20. The van der Waals surface area contributed by atoms with Gasteiger partial charge in [0.2, 0.25) is 5.91 Å². The molecule has 0 bridgehead atoms. The van der Waals surface area contributed by atoms with E-state index in [1.54, 1.807) is 0 Å². The van der Waals surface area contributed by atoms with E-state index in [0.717, 1.165) is 28.0 Å². The van der Waals surface area contributed by atoms with E-state index in [1.807, 2.05) is 26.0 Å². The van der Waals surface area contributed by atoms with Gasteiger partial charge < -0.3 is 10.1 Å². The second-order valence-corrected chi connectivity index (χ2v) is 8.36. The van der Waals surface area contributed by atoms with Gasteiger partial charge in [-0.2, -0.15) is 0 Å². The first-order chi connectivity index (χ1) is 13.5. The number of hydrogen-bond acceptors (Lipinski definition) is 4. The number of aromatic nitrogens is 1. The van der Waals surface area contributed by atoms with E-state index in [9.17, 15) is 4.79 Å². The summed E-state index contributed by atoms with van der Waals surface area (Å²) in [6.07, 6.45) is 2.19. The molecule has 1 heterocycles. The average Bonchev–Trinajstić information content (AvgIpc) is 3.08. The molecule has 0 aliphatic rings. The van der Waals surface area contributed by atoms with Gasteiger partial charge in [-0.25, -0.2) is 4.98 Å². The number of nitrogens with one attached hydrogen (secondary N) is 1. The van der Waals surface area contributed by atoms with Crippen LogP contribution in [0.4, 0.5) is 5.13 Å². The van der Waals surface area contributed by atoms with Gasteiger partial charge in [-0.15, -0.1) is 0 Å². The van der Waals surface area contributed by atoms with Crippen molar-refractivity contribution in [1.29, 1.82) is 0 Å². The maximum Gasteiger partial charge on any atom is 0.226 e. The van der Waals surface area contributed by atoms with Gasteiger partial charge in [-0.3, -0.25) is 4.79 Å². The van der Waals surface area contributed by atoms with Crippen molar-refractivity contribution >= 4 is 32.6 Å². The molecule has 3 aromatic rings. The molecule has 2 aromatic carbocycles. The molecule has 5 heteroatoms. The number of nitrogens with zero attached hydrogens (tertiary/aromatic N) is 1. The Hall–Kier alpha value is -2.40. The minimum absolute atomic E-state index is 0.0224. The maximum atomic E-state index is 12.2. The van der Waals surface area contributed by atoms with Crippen molar-refractivity contribution in [3.8, 4) is 5.75 Å². The van der Waals surface area contributed by atoms with Crippen LogP contribution in [0.25, 0.3) is 10.2 Å². The highest BCUT2D eigenvalue weighted by Crippen LogP contribution is 2.30. The van der Waals surface area contributed by atoms with E-state index in [-0.39, 0.29) is 5.91 Å². The van der Waals surface area contributed by atoms with E-state index in [1.165, 1.54) is 22.5 Å².